The van der Waals surface area contributed by atoms with Gasteiger partial charge in [-0.1, -0.05) is 55.9 Å². The zero-order valence-electron chi connectivity index (χ0n) is 16.4. The molecule has 0 fully saturated rings. The largest absolute Gasteiger partial charge is 0.276 e. The Morgan fingerprint density at radius 1 is 1.10 bits per heavy atom. The molecule has 7 heteroatoms. The number of thioether (sulfide) groups is 1. The predicted molar refractivity (Wildman–Crippen MR) is 115 cm³/mol. The maximum Gasteiger partial charge on any atom is 0.262 e. The molecule has 0 atom stereocenters. The number of para-hydroxylation sites is 1. The highest BCUT2D eigenvalue weighted by atomic mass is 32.2. The maximum atomic E-state index is 13.1. The van der Waals surface area contributed by atoms with Crippen molar-refractivity contribution in [3.63, 3.8) is 0 Å². The summed E-state index contributed by atoms with van der Waals surface area (Å²) in [6, 6.07) is 17.4. The molecule has 2 aromatic carbocycles. The van der Waals surface area contributed by atoms with E-state index in [-0.39, 0.29) is 5.56 Å². The van der Waals surface area contributed by atoms with Crippen LogP contribution < -0.4 is 5.56 Å². The third-order valence-corrected chi connectivity index (χ3v) is 5.88. The van der Waals surface area contributed by atoms with E-state index in [0.717, 1.165) is 17.5 Å². The Kier molecular flexibility index (Phi) is 5.36. The van der Waals surface area contributed by atoms with Crippen molar-refractivity contribution in [2.45, 2.75) is 37.7 Å². The first-order valence-electron chi connectivity index (χ1n) is 9.57. The number of nitriles is 1. The van der Waals surface area contributed by atoms with Gasteiger partial charge in [-0.3, -0.25) is 13.8 Å². The van der Waals surface area contributed by atoms with Gasteiger partial charge < -0.3 is 0 Å². The van der Waals surface area contributed by atoms with Gasteiger partial charge >= 0.3 is 0 Å². The predicted octanol–water partition coefficient (Wildman–Crippen LogP) is 4.25. The molecule has 0 unspecified atom stereocenters. The molecule has 4 rings (SSSR count). The highest BCUT2D eigenvalue weighted by Crippen LogP contribution is 2.26. The van der Waals surface area contributed by atoms with E-state index in [4.69, 9.17) is 0 Å². The smallest absolute Gasteiger partial charge is 0.262 e. The van der Waals surface area contributed by atoms with Crippen molar-refractivity contribution in [2.75, 3.05) is 0 Å². The molecular formula is C22H21N5OS. The molecule has 0 amide bonds. The number of fused-ring (bicyclic) bond motifs is 3. The highest BCUT2D eigenvalue weighted by Gasteiger charge is 2.17. The monoisotopic (exact) mass is 403 g/mol. The number of hydrogen-bond donors (Lipinski definition) is 0. The normalized spacial score (nSPS) is 11.4. The lowest BCUT2D eigenvalue weighted by Crippen LogP contribution is -2.24. The fourth-order valence-electron chi connectivity index (χ4n) is 3.31. The van der Waals surface area contributed by atoms with E-state index in [1.54, 1.807) is 4.57 Å². The van der Waals surface area contributed by atoms with E-state index in [0.29, 0.717) is 40.1 Å². The Hall–Kier alpha value is -3.11. The number of rotatable bonds is 6. The molecule has 6 nitrogen and oxygen atoms in total. The molecule has 29 heavy (non-hydrogen) atoms. The van der Waals surface area contributed by atoms with Crippen molar-refractivity contribution in [2.24, 2.45) is 5.92 Å². The Balaban J connectivity index is 1.82. The van der Waals surface area contributed by atoms with Crippen LogP contribution in [0.3, 0.4) is 0 Å². The molecule has 0 spiro atoms. The van der Waals surface area contributed by atoms with Crippen molar-refractivity contribution in [3.8, 4) is 6.07 Å². The fourth-order valence-corrected chi connectivity index (χ4v) is 4.26. The zero-order chi connectivity index (χ0) is 20.4. The third-order valence-electron chi connectivity index (χ3n) is 4.90. The van der Waals surface area contributed by atoms with Gasteiger partial charge in [-0.05, 0) is 36.1 Å². The van der Waals surface area contributed by atoms with Crippen molar-refractivity contribution in [3.05, 3.63) is 70.0 Å². The summed E-state index contributed by atoms with van der Waals surface area (Å²) in [5.41, 5.74) is 2.38. The van der Waals surface area contributed by atoms with Crippen LogP contribution in [0.2, 0.25) is 0 Å². The maximum absolute atomic E-state index is 13.1. The Labute approximate surface area is 172 Å². The molecule has 0 radical (unpaired) electrons. The topological polar surface area (TPSA) is 76.0 Å². The van der Waals surface area contributed by atoms with E-state index in [9.17, 15) is 10.1 Å². The molecule has 0 bridgehead atoms. The first-order chi connectivity index (χ1) is 14.1. The van der Waals surface area contributed by atoms with Gasteiger partial charge in [0.1, 0.15) is 0 Å². The van der Waals surface area contributed by atoms with Crippen molar-refractivity contribution in [1.29, 1.82) is 5.26 Å². The Morgan fingerprint density at radius 2 is 1.86 bits per heavy atom. The molecule has 146 valence electrons. The molecule has 2 aromatic heterocycles. The standard InChI is InChI=1S/C22H21N5OS/c1-15(2)11-12-26-20(28)18-9-5-6-10-19(18)27-21(26)24-25-22(27)29-14-17-8-4-3-7-16(17)13-23/h3-10,15H,11-12,14H2,1-2H3. The summed E-state index contributed by atoms with van der Waals surface area (Å²) in [5.74, 6) is 1.64. The molecule has 2 heterocycles. The average molecular weight is 404 g/mol. The summed E-state index contributed by atoms with van der Waals surface area (Å²) in [6.45, 7) is 4.88. The molecule has 0 N–H and O–H groups in total. The molecule has 0 aliphatic carbocycles. The van der Waals surface area contributed by atoms with Crippen LogP contribution in [-0.4, -0.2) is 19.2 Å². The lowest BCUT2D eigenvalue weighted by Gasteiger charge is -2.12. The molecule has 0 saturated heterocycles. The van der Waals surface area contributed by atoms with Gasteiger partial charge in [0.15, 0.2) is 5.16 Å². The second kappa shape index (κ2) is 8.10. The SMILES string of the molecule is CC(C)CCn1c(=O)c2ccccc2n2c(SCc3ccccc3C#N)nnc12. The summed E-state index contributed by atoms with van der Waals surface area (Å²) < 4.78 is 3.68. The van der Waals surface area contributed by atoms with Crippen molar-refractivity contribution in [1.82, 2.24) is 19.2 Å². The number of aryl methyl sites for hydroxylation is 1. The van der Waals surface area contributed by atoms with Crippen molar-refractivity contribution >= 4 is 28.4 Å². The molecule has 0 saturated carbocycles. The van der Waals surface area contributed by atoms with Crippen LogP contribution in [0.4, 0.5) is 0 Å². The lowest BCUT2D eigenvalue weighted by atomic mass is 10.1. The van der Waals surface area contributed by atoms with Gasteiger partial charge in [0, 0.05) is 12.3 Å². The minimum Gasteiger partial charge on any atom is -0.276 e. The zero-order valence-corrected chi connectivity index (χ0v) is 17.2. The fraction of sp³-hybridized carbons (Fsp3) is 0.273. The van der Waals surface area contributed by atoms with Crippen LogP contribution in [0, 0.1) is 17.2 Å². The second-order valence-corrected chi connectivity index (χ2v) is 8.27. The Bertz CT molecular complexity index is 1280. The first-order valence-corrected chi connectivity index (χ1v) is 10.6. The summed E-state index contributed by atoms with van der Waals surface area (Å²) >= 11 is 1.52. The van der Waals surface area contributed by atoms with Gasteiger partial charge in [0.2, 0.25) is 5.78 Å². The number of hydrogen-bond acceptors (Lipinski definition) is 5. The summed E-state index contributed by atoms with van der Waals surface area (Å²) in [7, 11) is 0. The van der Waals surface area contributed by atoms with Gasteiger partial charge in [0.25, 0.3) is 5.56 Å². The summed E-state index contributed by atoms with van der Waals surface area (Å²) in [5, 5.41) is 19.4. The van der Waals surface area contributed by atoms with Gasteiger partial charge in [0.05, 0.1) is 22.5 Å². The van der Waals surface area contributed by atoms with Gasteiger partial charge in [-0.25, -0.2) is 0 Å². The number of nitrogens with zero attached hydrogens (tertiary/aromatic N) is 5. The van der Waals surface area contributed by atoms with E-state index in [2.05, 4.69) is 30.1 Å². The van der Waals surface area contributed by atoms with Crippen LogP contribution in [-0.2, 0) is 12.3 Å². The van der Waals surface area contributed by atoms with Gasteiger partial charge in [-0.15, -0.1) is 10.2 Å². The summed E-state index contributed by atoms with van der Waals surface area (Å²) in [4.78, 5) is 13.1. The van der Waals surface area contributed by atoms with Crippen molar-refractivity contribution < 1.29 is 0 Å². The van der Waals surface area contributed by atoms with E-state index >= 15 is 0 Å². The molecular weight excluding hydrogens is 382 g/mol. The van der Waals surface area contributed by atoms with E-state index in [1.807, 2.05) is 52.9 Å². The van der Waals surface area contributed by atoms with Crippen LogP contribution in [0.1, 0.15) is 31.4 Å². The quantitative estimate of drug-likeness (QED) is 0.450. The number of aromatic nitrogens is 4. The molecule has 0 aliphatic rings. The van der Waals surface area contributed by atoms with Crippen LogP contribution in [0.5, 0.6) is 0 Å². The minimum absolute atomic E-state index is 0.0347. The lowest BCUT2D eigenvalue weighted by molar-refractivity contribution is 0.512. The van der Waals surface area contributed by atoms with Crippen LogP contribution in [0.15, 0.2) is 58.5 Å². The number of benzene rings is 2. The average Bonchev–Trinajstić information content (AvgIpc) is 3.16. The first kappa shape index (κ1) is 19.2. The highest BCUT2D eigenvalue weighted by molar-refractivity contribution is 7.98. The van der Waals surface area contributed by atoms with E-state index < -0.39 is 0 Å². The minimum atomic E-state index is -0.0347. The second-order valence-electron chi connectivity index (χ2n) is 7.33. The van der Waals surface area contributed by atoms with Crippen LogP contribution >= 0.6 is 11.8 Å². The third kappa shape index (κ3) is 3.64. The molecule has 4 aromatic rings. The van der Waals surface area contributed by atoms with E-state index in [1.165, 1.54) is 11.8 Å². The summed E-state index contributed by atoms with van der Waals surface area (Å²) in [6.07, 6.45) is 0.888. The van der Waals surface area contributed by atoms with Crippen LogP contribution in [0.25, 0.3) is 16.7 Å². The molecule has 0 aliphatic heterocycles. The Morgan fingerprint density at radius 3 is 2.66 bits per heavy atom. The van der Waals surface area contributed by atoms with Gasteiger partial charge in [-0.2, -0.15) is 5.26 Å².